The molecule has 116 valence electrons. The average molecular weight is 290 g/mol. The normalized spacial score (nSPS) is 17.6. The van der Waals surface area contributed by atoms with Gasteiger partial charge < -0.3 is 10.3 Å². The Labute approximate surface area is 127 Å². The Morgan fingerprint density at radius 1 is 1.33 bits per heavy atom. The molecule has 5 heteroatoms. The van der Waals surface area contributed by atoms with Crippen molar-refractivity contribution in [2.75, 3.05) is 31.6 Å². The smallest absolute Gasteiger partial charge is 0.256 e. The van der Waals surface area contributed by atoms with Crippen LogP contribution in [0.4, 0.5) is 5.69 Å². The van der Waals surface area contributed by atoms with Gasteiger partial charge in [0.05, 0.1) is 11.3 Å². The number of hydrogen-bond donors (Lipinski definition) is 2. The zero-order valence-electron chi connectivity index (χ0n) is 13.2. The number of hydrogen-bond acceptors (Lipinski definition) is 4. The summed E-state index contributed by atoms with van der Waals surface area (Å²) >= 11 is 0. The minimum absolute atomic E-state index is 0.0652. The molecule has 0 bridgehead atoms. The second-order valence-electron chi connectivity index (χ2n) is 5.78. The summed E-state index contributed by atoms with van der Waals surface area (Å²) in [7, 11) is 0. The number of anilines is 1. The molecule has 1 aliphatic rings. The molecule has 0 aromatic heterocycles. The highest BCUT2D eigenvalue weighted by Gasteiger charge is 2.25. The van der Waals surface area contributed by atoms with Crippen LogP contribution in [0.5, 0.6) is 0 Å². The van der Waals surface area contributed by atoms with Gasteiger partial charge in [-0.3, -0.25) is 15.5 Å². The van der Waals surface area contributed by atoms with Crippen LogP contribution >= 0.6 is 0 Å². The third kappa shape index (κ3) is 3.54. The Balaban J connectivity index is 2.07. The first-order chi connectivity index (χ1) is 10.1. The van der Waals surface area contributed by atoms with E-state index in [1.807, 2.05) is 30.0 Å². The summed E-state index contributed by atoms with van der Waals surface area (Å²) in [5.74, 6) is 5.58. The third-order valence-electron chi connectivity index (χ3n) is 4.38. The van der Waals surface area contributed by atoms with Crippen LogP contribution in [0.1, 0.15) is 36.2 Å². The lowest BCUT2D eigenvalue weighted by molar-refractivity contribution is 0.0580. The van der Waals surface area contributed by atoms with Crippen LogP contribution in [0.15, 0.2) is 18.2 Å². The standard InChI is InChI=1S/C16H26N4O/c1-4-13(3)19-7-9-20(10-8-19)16(21)14-11-12(2)5-6-15(14)18-17/h5-6,11,13,18H,4,7-10,17H2,1-3H3. The van der Waals surface area contributed by atoms with Gasteiger partial charge in [-0.25, -0.2) is 0 Å². The Morgan fingerprint density at radius 3 is 2.57 bits per heavy atom. The molecule has 1 aliphatic heterocycles. The predicted octanol–water partition coefficient (Wildman–Crippen LogP) is 1.84. The number of rotatable bonds is 4. The second-order valence-corrected chi connectivity index (χ2v) is 5.78. The van der Waals surface area contributed by atoms with Gasteiger partial charge in [0.25, 0.3) is 5.91 Å². The number of carbonyl (C=O) groups is 1. The van der Waals surface area contributed by atoms with E-state index in [1.54, 1.807) is 0 Å². The fraction of sp³-hybridized carbons (Fsp3) is 0.562. The number of nitrogens with two attached hydrogens (primary N) is 1. The van der Waals surface area contributed by atoms with E-state index in [0.717, 1.165) is 38.2 Å². The zero-order valence-corrected chi connectivity index (χ0v) is 13.2. The number of carbonyl (C=O) groups excluding carboxylic acids is 1. The summed E-state index contributed by atoms with van der Waals surface area (Å²) in [6, 6.07) is 6.30. The first-order valence-corrected chi connectivity index (χ1v) is 7.67. The number of aryl methyl sites for hydroxylation is 1. The summed E-state index contributed by atoms with van der Waals surface area (Å²) in [6.45, 7) is 9.87. The average Bonchev–Trinajstić information content (AvgIpc) is 2.53. The van der Waals surface area contributed by atoms with Crippen LogP contribution < -0.4 is 11.3 Å². The largest absolute Gasteiger partial charge is 0.336 e. The van der Waals surface area contributed by atoms with Crippen molar-refractivity contribution < 1.29 is 4.79 Å². The molecule has 5 nitrogen and oxygen atoms in total. The molecule has 1 fully saturated rings. The fourth-order valence-corrected chi connectivity index (χ4v) is 2.76. The van der Waals surface area contributed by atoms with Gasteiger partial charge in [-0.1, -0.05) is 18.6 Å². The van der Waals surface area contributed by atoms with E-state index in [-0.39, 0.29) is 5.91 Å². The quantitative estimate of drug-likeness (QED) is 0.656. The highest BCUT2D eigenvalue weighted by atomic mass is 16.2. The minimum atomic E-state index is 0.0652. The van der Waals surface area contributed by atoms with Crippen LogP contribution in [0, 0.1) is 6.92 Å². The molecule has 1 aromatic rings. The predicted molar refractivity (Wildman–Crippen MR) is 86.2 cm³/mol. The van der Waals surface area contributed by atoms with E-state index in [1.165, 1.54) is 0 Å². The molecule has 1 atom stereocenters. The van der Waals surface area contributed by atoms with Crippen molar-refractivity contribution in [3.05, 3.63) is 29.3 Å². The summed E-state index contributed by atoms with van der Waals surface area (Å²) < 4.78 is 0. The van der Waals surface area contributed by atoms with Crippen molar-refractivity contribution in [3.8, 4) is 0 Å². The van der Waals surface area contributed by atoms with Crippen molar-refractivity contribution in [2.24, 2.45) is 5.84 Å². The Morgan fingerprint density at radius 2 is 2.00 bits per heavy atom. The molecule has 1 heterocycles. The molecule has 1 saturated heterocycles. The van der Waals surface area contributed by atoms with Crippen molar-refractivity contribution >= 4 is 11.6 Å². The lowest BCUT2D eigenvalue weighted by Crippen LogP contribution is -2.51. The Bertz CT molecular complexity index is 495. The van der Waals surface area contributed by atoms with Gasteiger partial charge in [-0.2, -0.15) is 0 Å². The molecule has 0 aliphatic carbocycles. The second kappa shape index (κ2) is 6.91. The first-order valence-electron chi connectivity index (χ1n) is 7.67. The maximum atomic E-state index is 12.7. The maximum Gasteiger partial charge on any atom is 0.256 e. The summed E-state index contributed by atoms with van der Waals surface area (Å²) in [4.78, 5) is 17.1. The van der Waals surface area contributed by atoms with E-state index in [4.69, 9.17) is 5.84 Å². The highest BCUT2D eigenvalue weighted by molar-refractivity contribution is 5.99. The molecule has 2 rings (SSSR count). The van der Waals surface area contributed by atoms with E-state index in [9.17, 15) is 4.79 Å². The minimum Gasteiger partial charge on any atom is -0.336 e. The van der Waals surface area contributed by atoms with Gasteiger partial charge in [-0.05, 0) is 32.4 Å². The van der Waals surface area contributed by atoms with Gasteiger partial charge >= 0.3 is 0 Å². The Kier molecular flexibility index (Phi) is 5.20. The van der Waals surface area contributed by atoms with Crippen LogP contribution in [0.25, 0.3) is 0 Å². The van der Waals surface area contributed by atoms with Crippen LogP contribution in [0.2, 0.25) is 0 Å². The molecule has 1 aromatic carbocycles. The molecular weight excluding hydrogens is 264 g/mol. The van der Waals surface area contributed by atoms with E-state index >= 15 is 0 Å². The summed E-state index contributed by atoms with van der Waals surface area (Å²) in [6.07, 6.45) is 1.15. The SMILES string of the molecule is CCC(C)N1CCN(C(=O)c2cc(C)ccc2NN)CC1. The van der Waals surface area contributed by atoms with Crippen molar-refractivity contribution in [1.82, 2.24) is 9.80 Å². The number of benzene rings is 1. The zero-order chi connectivity index (χ0) is 15.4. The number of nitrogens with zero attached hydrogens (tertiary/aromatic N) is 2. The van der Waals surface area contributed by atoms with Crippen LogP contribution in [-0.4, -0.2) is 47.9 Å². The highest BCUT2D eigenvalue weighted by Crippen LogP contribution is 2.20. The first kappa shape index (κ1) is 15.8. The molecule has 0 spiro atoms. The lowest BCUT2D eigenvalue weighted by atomic mass is 10.1. The monoisotopic (exact) mass is 290 g/mol. The van der Waals surface area contributed by atoms with Gasteiger partial charge in [0.2, 0.25) is 0 Å². The van der Waals surface area contributed by atoms with Gasteiger partial charge in [0, 0.05) is 32.2 Å². The van der Waals surface area contributed by atoms with Crippen LogP contribution in [-0.2, 0) is 0 Å². The maximum absolute atomic E-state index is 12.7. The van der Waals surface area contributed by atoms with Crippen molar-refractivity contribution in [3.63, 3.8) is 0 Å². The van der Waals surface area contributed by atoms with Gasteiger partial charge in [-0.15, -0.1) is 0 Å². The molecule has 0 radical (unpaired) electrons. The molecular formula is C16H26N4O. The third-order valence-corrected chi connectivity index (χ3v) is 4.38. The van der Waals surface area contributed by atoms with Gasteiger partial charge in [0.15, 0.2) is 0 Å². The fourth-order valence-electron chi connectivity index (χ4n) is 2.76. The number of piperazine rings is 1. The number of nitrogens with one attached hydrogen (secondary N) is 1. The molecule has 1 amide bonds. The van der Waals surface area contributed by atoms with E-state index in [0.29, 0.717) is 17.3 Å². The number of hydrazine groups is 1. The van der Waals surface area contributed by atoms with Crippen molar-refractivity contribution in [1.29, 1.82) is 0 Å². The van der Waals surface area contributed by atoms with E-state index < -0.39 is 0 Å². The number of nitrogen functional groups attached to an aromatic ring is 1. The number of amides is 1. The Hall–Kier alpha value is -1.59. The molecule has 1 unspecified atom stereocenters. The molecule has 21 heavy (non-hydrogen) atoms. The lowest BCUT2D eigenvalue weighted by Gasteiger charge is -2.38. The topological polar surface area (TPSA) is 61.6 Å². The summed E-state index contributed by atoms with van der Waals surface area (Å²) in [5.41, 5.74) is 5.04. The summed E-state index contributed by atoms with van der Waals surface area (Å²) in [5, 5.41) is 0. The molecule has 0 saturated carbocycles. The molecule has 3 N–H and O–H groups in total. The van der Waals surface area contributed by atoms with Crippen molar-refractivity contribution in [2.45, 2.75) is 33.2 Å². The van der Waals surface area contributed by atoms with Crippen LogP contribution in [0.3, 0.4) is 0 Å². The van der Waals surface area contributed by atoms with E-state index in [2.05, 4.69) is 24.2 Å². The van der Waals surface area contributed by atoms with Gasteiger partial charge in [0.1, 0.15) is 0 Å².